The summed E-state index contributed by atoms with van der Waals surface area (Å²) in [5.74, 6) is -3.65. The van der Waals surface area contributed by atoms with Crippen LogP contribution in [0.3, 0.4) is 0 Å². The summed E-state index contributed by atoms with van der Waals surface area (Å²) in [4.78, 5) is 18.2. The standard InChI is InChI=1S/C12H15NO.C2H2O4/c1-8-7-14-12-10(6-9(2)13)4-3-5-11(8)12;3-1(4)2(5)6/h3-5,7,9H,6,13H2,1-2H3;(H,3,4)(H,5,6). The van der Waals surface area contributed by atoms with Crippen LogP contribution in [0, 0.1) is 6.92 Å². The van der Waals surface area contributed by atoms with E-state index in [0.717, 1.165) is 12.0 Å². The summed E-state index contributed by atoms with van der Waals surface area (Å²) in [7, 11) is 0. The van der Waals surface area contributed by atoms with Crippen molar-refractivity contribution in [2.75, 3.05) is 0 Å². The number of aliphatic carboxylic acids is 2. The molecular formula is C14H17NO5. The number of carboxylic acids is 2. The van der Waals surface area contributed by atoms with Crippen molar-refractivity contribution in [2.45, 2.75) is 26.3 Å². The summed E-state index contributed by atoms with van der Waals surface area (Å²) in [6, 6.07) is 6.39. The van der Waals surface area contributed by atoms with Gasteiger partial charge in [-0.1, -0.05) is 18.2 Å². The predicted octanol–water partition coefficient (Wildman–Crippen LogP) is 1.79. The van der Waals surface area contributed by atoms with Crippen molar-refractivity contribution in [2.24, 2.45) is 5.73 Å². The van der Waals surface area contributed by atoms with Crippen LogP contribution in [0.25, 0.3) is 11.0 Å². The molecule has 0 saturated carbocycles. The lowest BCUT2D eigenvalue weighted by Crippen LogP contribution is -2.17. The molecule has 2 aromatic rings. The van der Waals surface area contributed by atoms with E-state index in [0.29, 0.717) is 0 Å². The molecule has 0 bridgehead atoms. The van der Waals surface area contributed by atoms with Gasteiger partial charge in [-0.2, -0.15) is 0 Å². The molecule has 0 aliphatic carbocycles. The van der Waals surface area contributed by atoms with Gasteiger partial charge in [0.05, 0.1) is 6.26 Å². The van der Waals surface area contributed by atoms with Gasteiger partial charge in [0.1, 0.15) is 5.58 Å². The summed E-state index contributed by atoms with van der Waals surface area (Å²) in [5.41, 5.74) is 9.16. The minimum Gasteiger partial charge on any atom is -0.473 e. The maximum atomic E-state index is 9.10. The Bertz CT molecular complexity index is 603. The molecule has 2 rings (SSSR count). The second kappa shape index (κ2) is 6.72. The van der Waals surface area contributed by atoms with Crippen LogP contribution in [0.1, 0.15) is 18.1 Å². The Morgan fingerprint density at radius 3 is 2.40 bits per heavy atom. The third kappa shape index (κ3) is 4.10. The highest BCUT2D eigenvalue weighted by atomic mass is 16.4. The number of benzene rings is 1. The zero-order valence-electron chi connectivity index (χ0n) is 11.3. The van der Waals surface area contributed by atoms with Crippen molar-refractivity contribution < 1.29 is 24.2 Å². The quantitative estimate of drug-likeness (QED) is 0.722. The van der Waals surface area contributed by atoms with E-state index in [2.05, 4.69) is 25.1 Å². The highest BCUT2D eigenvalue weighted by Crippen LogP contribution is 2.24. The number of furan rings is 1. The van der Waals surface area contributed by atoms with Crippen LogP contribution < -0.4 is 5.73 Å². The van der Waals surface area contributed by atoms with E-state index in [1.807, 2.05) is 6.92 Å². The molecule has 0 radical (unpaired) electrons. The number of aryl methyl sites for hydroxylation is 1. The van der Waals surface area contributed by atoms with E-state index in [1.54, 1.807) is 6.26 Å². The van der Waals surface area contributed by atoms with E-state index in [-0.39, 0.29) is 6.04 Å². The van der Waals surface area contributed by atoms with E-state index in [4.69, 9.17) is 30.0 Å². The van der Waals surface area contributed by atoms with Gasteiger partial charge in [0.25, 0.3) is 0 Å². The molecule has 0 saturated heterocycles. The van der Waals surface area contributed by atoms with Gasteiger partial charge in [-0.05, 0) is 31.4 Å². The fourth-order valence-corrected chi connectivity index (χ4v) is 1.75. The number of fused-ring (bicyclic) bond motifs is 1. The van der Waals surface area contributed by atoms with E-state index < -0.39 is 11.9 Å². The van der Waals surface area contributed by atoms with Gasteiger partial charge in [0.15, 0.2) is 0 Å². The number of para-hydroxylation sites is 1. The number of hydrogen-bond acceptors (Lipinski definition) is 4. The lowest BCUT2D eigenvalue weighted by Gasteiger charge is -2.05. The zero-order chi connectivity index (χ0) is 15.3. The summed E-state index contributed by atoms with van der Waals surface area (Å²) >= 11 is 0. The second-order valence-electron chi connectivity index (χ2n) is 4.50. The minimum absolute atomic E-state index is 0.172. The van der Waals surface area contributed by atoms with Crippen molar-refractivity contribution in [3.63, 3.8) is 0 Å². The monoisotopic (exact) mass is 279 g/mol. The topological polar surface area (TPSA) is 114 Å². The Labute approximate surface area is 115 Å². The highest BCUT2D eigenvalue weighted by Gasteiger charge is 2.08. The number of carboxylic acid groups (broad SMARTS) is 2. The van der Waals surface area contributed by atoms with Crippen molar-refractivity contribution in [1.29, 1.82) is 0 Å². The van der Waals surface area contributed by atoms with Crippen molar-refractivity contribution in [3.8, 4) is 0 Å². The van der Waals surface area contributed by atoms with Crippen LogP contribution in [-0.2, 0) is 16.0 Å². The molecule has 20 heavy (non-hydrogen) atoms. The summed E-state index contributed by atoms with van der Waals surface area (Å²) in [6.07, 6.45) is 2.67. The van der Waals surface area contributed by atoms with Crippen LogP contribution in [0.2, 0.25) is 0 Å². The lowest BCUT2D eigenvalue weighted by atomic mass is 10.0. The average molecular weight is 279 g/mol. The summed E-state index contributed by atoms with van der Waals surface area (Å²) in [6.45, 7) is 4.07. The molecule has 1 heterocycles. The normalized spacial score (nSPS) is 11.6. The highest BCUT2D eigenvalue weighted by molar-refractivity contribution is 6.27. The van der Waals surface area contributed by atoms with E-state index in [1.165, 1.54) is 16.5 Å². The Hall–Kier alpha value is -2.34. The number of hydrogen-bond donors (Lipinski definition) is 3. The Balaban J connectivity index is 0.000000286. The first-order valence-corrected chi connectivity index (χ1v) is 6.00. The van der Waals surface area contributed by atoms with Crippen molar-refractivity contribution >= 4 is 22.9 Å². The fraction of sp³-hybridized carbons (Fsp3) is 0.286. The lowest BCUT2D eigenvalue weighted by molar-refractivity contribution is -0.159. The van der Waals surface area contributed by atoms with Gasteiger partial charge < -0.3 is 20.4 Å². The molecule has 0 amide bonds. The Morgan fingerprint density at radius 2 is 1.90 bits per heavy atom. The molecule has 0 fully saturated rings. The molecule has 1 aromatic heterocycles. The molecule has 6 nitrogen and oxygen atoms in total. The van der Waals surface area contributed by atoms with Gasteiger partial charge in [-0.15, -0.1) is 0 Å². The first-order valence-electron chi connectivity index (χ1n) is 6.00. The van der Waals surface area contributed by atoms with E-state index >= 15 is 0 Å². The van der Waals surface area contributed by atoms with Gasteiger partial charge >= 0.3 is 11.9 Å². The van der Waals surface area contributed by atoms with Crippen LogP contribution in [-0.4, -0.2) is 28.2 Å². The molecule has 6 heteroatoms. The van der Waals surface area contributed by atoms with Gasteiger partial charge in [0, 0.05) is 11.4 Å². The first kappa shape index (κ1) is 15.7. The van der Waals surface area contributed by atoms with Crippen LogP contribution >= 0.6 is 0 Å². The molecule has 0 spiro atoms. The summed E-state index contributed by atoms with van der Waals surface area (Å²) < 4.78 is 5.53. The maximum absolute atomic E-state index is 9.10. The van der Waals surface area contributed by atoms with Gasteiger partial charge in [-0.25, -0.2) is 9.59 Å². The fourth-order valence-electron chi connectivity index (χ4n) is 1.75. The third-order valence-electron chi connectivity index (χ3n) is 2.60. The molecule has 1 aromatic carbocycles. The van der Waals surface area contributed by atoms with Crippen molar-refractivity contribution in [3.05, 3.63) is 35.6 Å². The maximum Gasteiger partial charge on any atom is 0.414 e. The Morgan fingerprint density at radius 1 is 1.30 bits per heavy atom. The molecular weight excluding hydrogens is 262 g/mol. The SMILES string of the molecule is Cc1coc2c(CC(C)N)cccc12.O=C(O)C(=O)O. The molecule has 1 unspecified atom stereocenters. The zero-order valence-corrected chi connectivity index (χ0v) is 11.3. The predicted molar refractivity (Wildman–Crippen MR) is 73.6 cm³/mol. The summed E-state index contributed by atoms with van der Waals surface area (Å²) in [5, 5.41) is 16.0. The van der Waals surface area contributed by atoms with Crippen LogP contribution in [0.4, 0.5) is 0 Å². The van der Waals surface area contributed by atoms with Crippen molar-refractivity contribution in [1.82, 2.24) is 0 Å². The number of carbonyl (C=O) groups is 2. The third-order valence-corrected chi connectivity index (χ3v) is 2.60. The smallest absolute Gasteiger partial charge is 0.414 e. The first-order chi connectivity index (χ1) is 9.32. The van der Waals surface area contributed by atoms with Gasteiger partial charge in [-0.3, -0.25) is 0 Å². The minimum atomic E-state index is -1.82. The molecule has 4 N–H and O–H groups in total. The molecule has 0 aliphatic rings. The molecule has 1 atom stereocenters. The van der Waals surface area contributed by atoms with Crippen LogP contribution in [0.15, 0.2) is 28.9 Å². The largest absolute Gasteiger partial charge is 0.473 e. The van der Waals surface area contributed by atoms with Crippen LogP contribution in [0.5, 0.6) is 0 Å². The number of rotatable bonds is 2. The number of nitrogens with two attached hydrogens (primary N) is 1. The Kier molecular flexibility index (Phi) is 5.28. The second-order valence-corrected chi connectivity index (χ2v) is 4.50. The van der Waals surface area contributed by atoms with E-state index in [9.17, 15) is 0 Å². The average Bonchev–Trinajstić information content (AvgIpc) is 2.72. The molecule has 108 valence electrons. The van der Waals surface area contributed by atoms with Gasteiger partial charge in [0.2, 0.25) is 0 Å². The molecule has 0 aliphatic heterocycles.